The highest BCUT2D eigenvalue weighted by atomic mass is 16.7. The molecule has 2 aliphatic heterocycles. The molecule has 0 spiro atoms. The minimum absolute atomic E-state index is 0.0320. The molecule has 0 aromatic carbocycles. The molecular weight excluding hydrogens is 452 g/mol. The van der Waals surface area contributed by atoms with Crippen LogP contribution in [0.25, 0.3) is 0 Å². The molecule has 35 heavy (non-hydrogen) atoms. The number of hydrogen-bond donors (Lipinski definition) is 4. The molecule has 8 heteroatoms. The van der Waals surface area contributed by atoms with E-state index in [0.29, 0.717) is 24.3 Å². The maximum atomic E-state index is 12.1. The van der Waals surface area contributed by atoms with E-state index in [0.717, 1.165) is 12.8 Å². The minimum atomic E-state index is -1.98. The Morgan fingerprint density at radius 3 is 2.57 bits per heavy atom. The Kier molecular flexibility index (Phi) is 4.93. The summed E-state index contributed by atoms with van der Waals surface area (Å²) in [6.45, 7) is 9.64. The molecular formula is C27H38O8. The van der Waals surface area contributed by atoms with E-state index in [9.17, 15) is 25.2 Å². The fourth-order valence-corrected chi connectivity index (χ4v) is 8.66. The van der Waals surface area contributed by atoms with Gasteiger partial charge in [0, 0.05) is 23.7 Å². The van der Waals surface area contributed by atoms with E-state index in [1.807, 2.05) is 6.08 Å². The van der Waals surface area contributed by atoms with Gasteiger partial charge in [-0.3, -0.25) is 4.79 Å². The van der Waals surface area contributed by atoms with E-state index in [1.54, 1.807) is 0 Å². The van der Waals surface area contributed by atoms with Gasteiger partial charge in [-0.05, 0) is 43.1 Å². The molecule has 8 nitrogen and oxygen atoms in total. The summed E-state index contributed by atoms with van der Waals surface area (Å²) in [4.78, 5) is 12.1. The maximum absolute atomic E-state index is 12.1. The third kappa shape index (κ3) is 2.71. The van der Waals surface area contributed by atoms with Gasteiger partial charge >= 0.3 is 5.97 Å². The lowest BCUT2D eigenvalue weighted by Crippen LogP contribution is -2.77. The summed E-state index contributed by atoms with van der Waals surface area (Å²) in [5, 5.41) is 45.9. The van der Waals surface area contributed by atoms with Crippen molar-refractivity contribution < 1.29 is 39.4 Å². The molecule has 2 saturated heterocycles. The number of esters is 1. The SMILES string of the molecule is CC(=O)O[C@@H]1C2=CC[C@@H]3C4=C(C(C)C)C[C@H](O)[C@]4(C)CC[C@@]3(C)[C@H]3OC4OC[C@]1(O)[C@H](O)[C@]4(O)[C@H]23. The van der Waals surface area contributed by atoms with E-state index >= 15 is 0 Å². The fraction of sp³-hybridized carbons (Fsp3) is 0.815. The number of carbonyl (C=O) groups excluding carboxylic acids is 1. The number of aliphatic hydroxyl groups excluding tert-OH is 2. The van der Waals surface area contributed by atoms with Gasteiger partial charge in [0.2, 0.25) is 0 Å². The highest BCUT2D eigenvalue weighted by Gasteiger charge is 2.78. The van der Waals surface area contributed by atoms with Gasteiger partial charge in [-0.1, -0.05) is 44.9 Å². The second kappa shape index (κ2) is 7.17. The van der Waals surface area contributed by atoms with Crippen molar-refractivity contribution >= 4 is 5.97 Å². The zero-order chi connectivity index (χ0) is 25.3. The molecule has 4 N–H and O–H groups in total. The number of rotatable bonds is 2. The van der Waals surface area contributed by atoms with Crippen molar-refractivity contribution in [3.63, 3.8) is 0 Å². The molecule has 0 amide bonds. The predicted octanol–water partition coefficient (Wildman–Crippen LogP) is 1.60. The molecule has 194 valence electrons. The van der Waals surface area contributed by atoms with Gasteiger partial charge in [-0.2, -0.15) is 0 Å². The zero-order valence-electron chi connectivity index (χ0n) is 21.2. The van der Waals surface area contributed by atoms with Gasteiger partial charge in [0.25, 0.3) is 0 Å². The van der Waals surface area contributed by atoms with Crippen LogP contribution in [0.5, 0.6) is 0 Å². The molecule has 11 atom stereocenters. The summed E-state index contributed by atoms with van der Waals surface area (Å²) in [7, 11) is 0. The summed E-state index contributed by atoms with van der Waals surface area (Å²) in [6.07, 6.45) is 0.0405. The molecule has 6 rings (SSSR count). The molecule has 0 aromatic rings. The van der Waals surface area contributed by atoms with Crippen LogP contribution in [0.4, 0.5) is 0 Å². The third-order valence-corrected chi connectivity index (χ3v) is 10.6. The Labute approximate surface area is 205 Å². The molecule has 2 bridgehead atoms. The highest BCUT2D eigenvalue weighted by molar-refractivity contribution is 5.67. The molecule has 4 fully saturated rings. The molecule has 0 aromatic heterocycles. The number of ether oxygens (including phenoxy) is 3. The molecule has 1 unspecified atom stereocenters. The lowest BCUT2D eigenvalue weighted by Gasteiger charge is -2.57. The van der Waals surface area contributed by atoms with Crippen LogP contribution in [0.1, 0.15) is 60.3 Å². The van der Waals surface area contributed by atoms with Crippen LogP contribution in [0.2, 0.25) is 0 Å². The normalized spacial score (nSPS) is 54.2. The first kappa shape index (κ1) is 24.1. The Balaban J connectivity index is 1.56. The van der Waals surface area contributed by atoms with Crippen molar-refractivity contribution in [2.45, 2.75) is 102 Å². The van der Waals surface area contributed by atoms with Crippen LogP contribution < -0.4 is 0 Å². The van der Waals surface area contributed by atoms with E-state index in [-0.39, 0.29) is 17.9 Å². The predicted molar refractivity (Wildman–Crippen MR) is 124 cm³/mol. The maximum Gasteiger partial charge on any atom is 0.303 e. The van der Waals surface area contributed by atoms with Gasteiger partial charge in [0.05, 0.1) is 18.8 Å². The highest BCUT2D eigenvalue weighted by Crippen LogP contribution is 2.68. The standard InChI is InChI=1S/C27H38O8/c1-12(2)15-10-17(29)25(5)9-8-24(4)16(18(15)25)7-6-14-19-21(24)35-23-27(19,32)22(30)26(31,11-33-23)20(14)34-13(3)28/h6,12,16-17,19-23,29-32H,7-11H2,1-5H3/t16-,17+,19-,20-,21+,22+,23?,24-,25+,26-,27-/m1/s1. The Hall–Kier alpha value is -1.29. The van der Waals surface area contributed by atoms with E-state index in [2.05, 4.69) is 27.7 Å². The largest absolute Gasteiger partial charge is 0.455 e. The van der Waals surface area contributed by atoms with Crippen LogP contribution in [-0.2, 0) is 19.0 Å². The number of allylic oxidation sites excluding steroid dienone is 1. The second-order valence-electron chi connectivity index (χ2n) is 12.7. The third-order valence-electron chi connectivity index (χ3n) is 10.6. The van der Waals surface area contributed by atoms with E-state index in [1.165, 1.54) is 18.1 Å². The number of hydrogen-bond acceptors (Lipinski definition) is 8. The number of fused-ring (bicyclic) bond motifs is 5. The van der Waals surface area contributed by atoms with Crippen LogP contribution in [0.3, 0.4) is 0 Å². The Bertz CT molecular complexity index is 1030. The average Bonchev–Trinajstić information content (AvgIpc) is 3.21. The molecule has 0 radical (unpaired) electrons. The van der Waals surface area contributed by atoms with Crippen LogP contribution in [0, 0.1) is 28.6 Å². The van der Waals surface area contributed by atoms with Crippen molar-refractivity contribution in [1.29, 1.82) is 0 Å². The summed E-state index contributed by atoms with van der Waals surface area (Å²) < 4.78 is 18.0. The Morgan fingerprint density at radius 1 is 1.20 bits per heavy atom. The first-order valence-corrected chi connectivity index (χ1v) is 13.0. The van der Waals surface area contributed by atoms with Gasteiger partial charge in [-0.15, -0.1) is 0 Å². The second-order valence-corrected chi connectivity index (χ2v) is 12.7. The van der Waals surface area contributed by atoms with Crippen molar-refractivity contribution in [2.75, 3.05) is 6.61 Å². The van der Waals surface area contributed by atoms with Crippen molar-refractivity contribution in [2.24, 2.45) is 28.6 Å². The van der Waals surface area contributed by atoms with E-state index in [4.69, 9.17) is 14.2 Å². The molecule has 2 saturated carbocycles. The molecule has 6 aliphatic rings. The smallest absolute Gasteiger partial charge is 0.303 e. The first-order chi connectivity index (χ1) is 16.3. The fourth-order valence-electron chi connectivity index (χ4n) is 8.66. The zero-order valence-corrected chi connectivity index (χ0v) is 21.2. The summed E-state index contributed by atoms with van der Waals surface area (Å²) in [5.74, 6) is -0.950. The average molecular weight is 491 g/mol. The molecule has 4 aliphatic carbocycles. The lowest BCUT2D eigenvalue weighted by atomic mass is 9.51. The Morgan fingerprint density at radius 2 is 1.91 bits per heavy atom. The van der Waals surface area contributed by atoms with Crippen molar-refractivity contribution in [3.05, 3.63) is 22.8 Å². The van der Waals surface area contributed by atoms with Crippen molar-refractivity contribution in [1.82, 2.24) is 0 Å². The quantitative estimate of drug-likeness (QED) is 0.340. The van der Waals surface area contributed by atoms with Crippen LogP contribution in [-0.4, -0.2) is 74.9 Å². The van der Waals surface area contributed by atoms with Gasteiger partial charge < -0.3 is 34.6 Å². The van der Waals surface area contributed by atoms with Gasteiger partial charge in [0.1, 0.15) is 6.10 Å². The summed E-state index contributed by atoms with van der Waals surface area (Å²) in [5.41, 5.74) is -1.40. The monoisotopic (exact) mass is 490 g/mol. The first-order valence-electron chi connectivity index (χ1n) is 13.0. The summed E-state index contributed by atoms with van der Waals surface area (Å²) in [6, 6.07) is 0. The van der Waals surface area contributed by atoms with Gasteiger partial charge in [0.15, 0.2) is 23.6 Å². The van der Waals surface area contributed by atoms with Crippen molar-refractivity contribution in [3.8, 4) is 0 Å². The lowest BCUT2D eigenvalue weighted by molar-refractivity contribution is -0.342. The van der Waals surface area contributed by atoms with Crippen LogP contribution in [0.15, 0.2) is 22.8 Å². The van der Waals surface area contributed by atoms with E-state index < -0.39 is 59.2 Å². The molecule has 2 heterocycles. The number of carbonyl (C=O) groups is 1. The van der Waals surface area contributed by atoms with Gasteiger partial charge in [-0.25, -0.2) is 0 Å². The number of aliphatic hydroxyl groups is 4. The van der Waals surface area contributed by atoms with Crippen LogP contribution >= 0.6 is 0 Å². The topological polar surface area (TPSA) is 126 Å². The minimum Gasteiger partial charge on any atom is -0.455 e. The summed E-state index contributed by atoms with van der Waals surface area (Å²) >= 11 is 0.